The molecule has 8 heteroatoms. The van der Waals surface area contributed by atoms with Gasteiger partial charge in [-0.2, -0.15) is 0 Å². The van der Waals surface area contributed by atoms with E-state index >= 15 is 0 Å². The molecule has 2 aromatic rings. The number of nitrogens with zero attached hydrogens (tertiary/aromatic N) is 1. The molecule has 0 aromatic heterocycles. The summed E-state index contributed by atoms with van der Waals surface area (Å²) in [6.07, 6.45) is 1.78. The van der Waals surface area contributed by atoms with Gasteiger partial charge in [-0.15, -0.1) is 0 Å². The highest BCUT2D eigenvalue weighted by atomic mass is 32.2. The third-order valence-electron chi connectivity index (χ3n) is 4.32. The molecule has 1 heterocycles. The first kappa shape index (κ1) is 20.8. The van der Waals surface area contributed by atoms with Gasteiger partial charge < -0.3 is 9.84 Å². The molecule has 0 saturated carbocycles. The van der Waals surface area contributed by atoms with Crippen molar-refractivity contribution in [2.45, 2.75) is 12.5 Å². The van der Waals surface area contributed by atoms with Crippen molar-refractivity contribution in [1.82, 2.24) is 4.90 Å². The highest BCUT2D eigenvalue weighted by Crippen LogP contribution is 2.34. The molecule has 29 heavy (non-hydrogen) atoms. The maximum Gasteiger partial charge on any atom is 0.337 e. The third-order valence-corrected chi connectivity index (χ3v) is 5.65. The lowest BCUT2D eigenvalue weighted by Crippen LogP contribution is -2.45. The fourth-order valence-electron chi connectivity index (χ4n) is 2.86. The minimum atomic E-state index is -1.12. The number of ether oxygens (including phenoxy) is 1. The van der Waals surface area contributed by atoms with Gasteiger partial charge in [-0.25, -0.2) is 9.59 Å². The summed E-state index contributed by atoms with van der Waals surface area (Å²) in [5.74, 6) is -2.01. The van der Waals surface area contributed by atoms with E-state index in [9.17, 15) is 19.5 Å². The highest BCUT2D eigenvalue weighted by Gasteiger charge is 2.40. The fourth-order valence-corrected chi connectivity index (χ4v) is 4.22. The Hall–Kier alpha value is -2.97. The number of carboxylic acid groups (broad SMARTS) is 1. The topological polar surface area (TPSA) is 83.9 Å². The zero-order valence-corrected chi connectivity index (χ0v) is 17.0. The zero-order chi connectivity index (χ0) is 21.0. The van der Waals surface area contributed by atoms with E-state index in [-0.39, 0.29) is 10.7 Å². The van der Waals surface area contributed by atoms with E-state index in [2.05, 4.69) is 4.74 Å². The van der Waals surface area contributed by atoms with Crippen LogP contribution >= 0.6 is 24.0 Å². The minimum Gasteiger partial charge on any atom is -0.480 e. The van der Waals surface area contributed by atoms with Crippen LogP contribution in [0.4, 0.5) is 0 Å². The number of esters is 1. The largest absolute Gasteiger partial charge is 0.480 e. The van der Waals surface area contributed by atoms with Crippen LogP contribution in [0.1, 0.15) is 21.5 Å². The molecule has 3 rings (SSSR count). The Morgan fingerprint density at radius 1 is 1.17 bits per heavy atom. The van der Waals surface area contributed by atoms with Gasteiger partial charge in [0, 0.05) is 6.42 Å². The first-order valence-corrected chi connectivity index (χ1v) is 9.85. The molecule has 1 N–H and O–H groups in total. The molecule has 1 aliphatic heterocycles. The first-order valence-electron chi connectivity index (χ1n) is 8.63. The number of aliphatic carboxylic acids is 1. The maximum atomic E-state index is 12.9. The lowest BCUT2D eigenvalue weighted by Gasteiger charge is -2.23. The Bertz CT molecular complexity index is 986. The Balaban J connectivity index is 1.83. The average molecular weight is 428 g/mol. The molecule has 0 spiro atoms. The number of rotatable bonds is 6. The lowest BCUT2D eigenvalue weighted by atomic mass is 10.0. The van der Waals surface area contributed by atoms with Gasteiger partial charge in [0.25, 0.3) is 5.91 Å². The number of thiocarbonyl (C=S) groups is 1. The van der Waals surface area contributed by atoms with Crippen LogP contribution in [0.3, 0.4) is 0 Å². The standard InChI is InChI=1S/C21H17NO5S2/c1-27-20(26)15-9-7-14(8-10-15)12-17-18(23)22(21(28)29-17)16(19(24)25)11-13-5-3-2-4-6-13/h2-10,12,16H,11H2,1H3,(H,24,25)/b17-12+/t16-/m0/s1. The zero-order valence-electron chi connectivity index (χ0n) is 15.4. The van der Waals surface area contributed by atoms with E-state index in [0.29, 0.717) is 16.0 Å². The second kappa shape index (κ2) is 9.02. The fraction of sp³-hybridized carbons (Fsp3) is 0.143. The lowest BCUT2D eigenvalue weighted by molar-refractivity contribution is -0.145. The highest BCUT2D eigenvalue weighted by molar-refractivity contribution is 8.26. The van der Waals surface area contributed by atoms with Gasteiger partial charge in [0.15, 0.2) is 0 Å². The van der Waals surface area contributed by atoms with Crippen LogP contribution in [0.15, 0.2) is 59.5 Å². The summed E-state index contributed by atoms with van der Waals surface area (Å²) in [6, 6.07) is 14.5. The van der Waals surface area contributed by atoms with Crippen molar-refractivity contribution < 1.29 is 24.2 Å². The molecule has 0 aliphatic carbocycles. The van der Waals surface area contributed by atoms with Crippen molar-refractivity contribution in [3.05, 3.63) is 76.2 Å². The van der Waals surface area contributed by atoms with Gasteiger partial charge in [-0.1, -0.05) is 66.4 Å². The smallest absolute Gasteiger partial charge is 0.337 e. The van der Waals surface area contributed by atoms with Crippen LogP contribution < -0.4 is 0 Å². The number of methoxy groups -OCH3 is 1. The van der Waals surface area contributed by atoms with Crippen LogP contribution in [-0.2, 0) is 20.7 Å². The Morgan fingerprint density at radius 2 is 1.83 bits per heavy atom. The number of hydrogen-bond acceptors (Lipinski definition) is 6. The number of hydrogen-bond donors (Lipinski definition) is 1. The van der Waals surface area contributed by atoms with Crippen molar-refractivity contribution >= 4 is 52.2 Å². The van der Waals surface area contributed by atoms with Crippen LogP contribution in [0.2, 0.25) is 0 Å². The number of carboxylic acids is 1. The van der Waals surface area contributed by atoms with Gasteiger partial charge in [0.1, 0.15) is 10.4 Å². The minimum absolute atomic E-state index is 0.156. The van der Waals surface area contributed by atoms with E-state index in [1.807, 2.05) is 30.3 Å². The van der Waals surface area contributed by atoms with Gasteiger partial charge in [0.05, 0.1) is 17.6 Å². The summed E-state index contributed by atoms with van der Waals surface area (Å²) in [7, 11) is 1.30. The van der Waals surface area contributed by atoms with Crippen LogP contribution in [0.5, 0.6) is 0 Å². The van der Waals surface area contributed by atoms with Crippen molar-refractivity contribution in [3.63, 3.8) is 0 Å². The first-order chi connectivity index (χ1) is 13.9. The van der Waals surface area contributed by atoms with E-state index < -0.39 is 23.9 Å². The van der Waals surface area contributed by atoms with Crippen LogP contribution in [-0.4, -0.2) is 45.3 Å². The van der Waals surface area contributed by atoms with Crippen molar-refractivity contribution in [2.24, 2.45) is 0 Å². The summed E-state index contributed by atoms with van der Waals surface area (Å²) in [4.78, 5) is 37.8. The Kier molecular flexibility index (Phi) is 6.46. The van der Waals surface area contributed by atoms with E-state index in [4.69, 9.17) is 12.2 Å². The normalized spacial score (nSPS) is 16.2. The van der Waals surface area contributed by atoms with E-state index in [1.165, 1.54) is 7.11 Å². The molecule has 1 fully saturated rings. The summed E-state index contributed by atoms with van der Waals surface area (Å²) < 4.78 is 4.86. The van der Waals surface area contributed by atoms with Crippen LogP contribution in [0, 0.1) is 0 Å². The number of amides is 1. The second-order valence-corrected chi connectivity index (χ2v) is 7.88. The van der Waals surface area contributed by atoms with Crippen molar-refractivity contribution in [1.29, 1.82) is 0 Å². The Labute approximate surface area is 177 Å². The van der Waals surface area contributed by atoms with Gasteiger partial charge in [0.2, 0.25) is 0 Å². The molecular formula is C21H17NO5S2. The predicted molar refractivity (Wildman–Crippen MR) is 114 cm³/mol. The predicted octanol–water partition coefficient (Wildman–Crippen LogP) is 3.37. The molecule has 1 aliphatic rings. The van der Waals surface area contributed by atoms with Crippen molar-refractivity contribution in [2.75, 3.05) is 7.11 Å². The number of carbonyl (C=O) groups excluding carboxylic acids is 2. The molecule has 1 saturated heterocycles. The molecule has 1 amide bonds. The molecular weight excluding hydrogens is 410 g/mol. The molecule has 2 aromatic carbocycles. The summed E-state index contributed by atoms with van der Waals surface area (Å²) in [5.41, 5.74) is 1.88. The summed E-state index contributed by atoms with van der Waals surface area (Å²) in [6.45, 7) is 0. The molecule has 0 bridgehead atoms. The van der Waals surface area contributed by atoms with E-state index in [1.54, 1.807) is 30.3 Å². The average Bonchev–Trinajstić information content (AvgIpc) is 2.99. The molecule has 0 radical (unpaired) electrons. The van der Waals surface area contributed by atoms with Gasteiger partial charge in [-0.3, -0.25) is 9.69 Å². The maximum absolute atomic E-state index is 12.9. The van der Waals surface area contributed by atoms with Gasteiger partial charge >= 0.3 is 11.9 Å². The van der Waals surface area contributed by atoms with E-state index in [0.717, 1.165) is 22.2 Å². The monoisotopic (exact) mass is 427 g/mol. The quantitative estimate of drug-likeness (QED) is 0.430. The summed E-state index contributed by atoms with van der Waals surface area (Å²) >= 11 is 6.36. The van der Waals surface area contributed by atoms with Gasteiger partial charge in [-0.05, 0) is 29.3 Å². The SMILES string of the molecule is COC(=O)c1ccc(/C=C2/SC(=S)N([C@@H](Cc3ccccc3)C(=O)O)C2=O)cc1. The number of benzene rings is 2. The number of carbonyl (C=O) groups is 3. The summed E-state index contributed by atoms with van der Waals surface area (Å²) in [5, 5.41) is 9.69. The number of thioether (sulfide) groups is 1. The second-order valence-electron chi connectivity index (χ2n) is 6.21. The molecule has 148 valence electrons. The van der Waals surface area contributed by atoms with Crippen LogP contribution in [0.25, 0.3) is 6.08 Å². The van der Waals surface area contributed by atoms with Crippen molar-refractivity contribution in [3.8, 4) is 0 Å². The molecule has 1 atom stereocenters. The Morgan fingerprint density at radius 3 is 2.41 bits per heavy atom. The molecule has 6 nitrogen and oxygen atoms in total. The molecule has 0 unspecified atom stereocenters. The third kappa shape index (κ3) is 4.72.